The van der Waals surface area contributed by atoms with E-state index in [0.29, 0.717) is 0 Å². The van der Waals surface area contributed by atoms with Gasteiger partial charge >= 0.3 is 0 Å². The molecule has 1 N–H and O–H groups in total. The van der Waals surface area contributed by atoms with Crippen LogP contribution < -0.4 is 0 Å². The van der Waals surface area contributed by atoms with Gasteiger partial charge in [-0.2, -0.15) is 0 Å². The van der Waals surface area contributed by atoms with Gasteiger partial charge in [0.25, 0.3) is 0 Å². The second kappa shape index (κ2) is 6.84. The molecule has 0 amide bonds. The van der Waals surface area contributed by atoms with Gasteiger partial charge in [0.1, 0.15) is 6.61 Å². The molecule has 50 valence electrons. The van der Waals surface area contributed by atoms with Gasteiger partial charge in [-0.3, -0.25) is 0 Å². The average molecular weight is 122 g/mol. The average Bonchev–Trinajstić information content (AvgIpc) is 1.81. The van der Waals surface area contributed by atoms with Gasteiger partial charge in [-0.25, -0.2) is 9.78 Å². The van der Waals surface area contributed by atoms with Gasteiger partial charge in [-0.05, 0) is 0 Å². The fraction of sp³-hybridized carbons (Fsp3) is 1.00. The van der Waals surface area contributed by atoms with E-state index in [-0.39, 0.29) is 20.0 Å². The van der Waals surface area contributed by atoms with E-state index in [2.05, 4.69) is 14.5 Å². The van der Waals surface area contributed by atoms with E-state index in [1.807, 2.05) is 0 Å². The minimum Gasteiger partial charge on any atom is -0.394 e. The van der Waals surface area contributed by atoms with Crippen molar-refractivity contribution in [3.63, 3.8) is 0 Å². The van der Waals surface area contributed by atoms with Crippen molar-refractivity contribution < 1.29 is 19.6 Å². The van der Waals surface area contributed by atoms with Gasteiger partial charge in [0.05, 0.1) is 6.61 Å². The van der Waals surface area contributed by atoms with Crippen molar-refractivity contribution >= 4 is 0 Å². The first-order chi connectivity index (χ1) is 3.91. The van der Waals surface area contributed by atoms with Gasteiger partial charge in [0.2, 0.25) is 0 Å². The molecule has 0 fully saturated rings. The SMILES string of the molecule is COCOOCCO. The number of aliphatic hydroxyl groups excluding tert-OH is 1. The highest BCUT2D eigenvalue weighted by molar-refractivity contribution is 4.11. The largest absolute Gasteiger partial charge is 0.394 e. The summed E-state index contributed by atoms with van der Waals surface area (Å²) in [4.78, 5) is 8.69. The molecule has 0 rings (SSSR count). The number of hydrogen-bond acceptors (Lipinski definition) is 4. The minimum absolute atomic E-state index is 0.0380. The Balaban J connectivity index is 2.53. The molecule has 0 heterocycles. The fourth-order valence-corrected chi connectivity index (χ4v) is 0.178. The second-order valence-corrected chi connectivity index (χ2v) is 1.07. The Labute approximate surface area is 47.9 Å². The third-order valence-electron chi connectivity index (χ3n) is 0.424. The Bertz CT molecular complexity index is 33.0. The van der Waals surface area contributed by atoms with Crippen LogP contribution in [0.5, 0.6) is 0 Å². The molecule has 0 bridgehead atoms. The monoisotopic (exact) mass is 122 g/mol. The van der Waals surface area contributed by atoms with Crippen molar-refractivity contribution in [1.82, 2.24) is 0 Å². The van der Waals surface area contributed by atoms with E-state index in [4.69, 9.17) is 5.11 Å². The predicted molar refractivity (Wildman–Crippen MR) is 26.0 cm³/mol. The van der Waals surface area contributed by atoms with Crippen LogP contribution in [-0.2, 0) is 14.5 Å². The van der Waals surface area contributed by atoms with Gasteiger partial charge in [0.15, 0.2) is 6.79 Å². The number of ether oxygens (including phenoxy) is 1. The van der Waals surface area contributed by atoms with Crippen molar-refractivity contribution in [3.8, 4) is 0 Å². The first kappa shape index (κ1) is 7.84. The highest BCUT2D eigenvalue weighted by Gasteiger charge is 1.82. The third-order valence-corrected chi connectivity index (χ3v) is 0.424. The summed E-state index contributed by atoms with van der Waals surface area (Å²) in [6.45, 7) is 0.243. The van der Waals surface area contributed by atoms with Crippen LogP contribution in [-0.4, -0.2) is 32.2 Å². The number of hydrogen-bond donors (Lipinski definition) is 1. The molecular formula is C4H10O4. The van der Waals surface area contributed by atoms with Crippen molar-refractivity contribution in [3.05, 3.63) is 0 Å². The lowest BCUT2D eigenvalue weighted by molar-refractivity contribution is -0.334. The zero-order valence-corrected chi connectivity index (χ0v) is 4.79. The van der Waals surface area contributed by atoms with E-state index in [1.165, 1.54) is 7.11 Å². The highest BCUT2D eigenvalue weighted by Crippen LogP contribution is 1.75. The molecule has 0 radical (unpaired) electrons. The Morgan fingerprint density at radius 3 is 2.62 bits per heavy atom. The lowest BCUT2D eigenvalue weighted by Gasteiger charge is -1.98. The summed E-state index contributed by atoms with van der Waals surface area (Å²) < 4.78 is 4.46. The highest BCUT2D eigenvalue weighted by atomic mass is 17.2. The molecule has 4 nitrogen and oxygen atoms in total. The standard InChI is InChI=1S/C4H10O4/c1-6-4-8-7-3-2-5/h5H,2-4H2,1H3. The number of methoxy groups -OCH3 is 1. The van der Waals surface area contributed by atoms with Crippen LogP contribution in [0.4, 0.5) is 0 Å². The summed E-state index contributed by atoms with van der Waals surface area (Å²) in [5, 5.41) is 8.12. The van der Waals surface area contributed by atoms with Crippen molar-refractivity contribution in [2.75, 3.05) is 27.1 Å². The molecule has 0 aromatic rings. The summed E-state index contributed by atoms with van der Waals surface area (Å²) in [5.41, 5.74) is 0. The zero-order chi connectivity index (χ0) is 6.24. The Morgan fingerprint density at radius 2 is 2.12 bits per heavy atom. The minimum atomic E-state index is -0.0380. The van der Waals surface area contributed by atoms with E-state index >= 15 is 0 Å². The molecule has 4 heteroatoms. The second-order valence-electron chi connectivity index (χ2n) is 1.07. The van der Waals surface area contributed by atoms with Gasteiger partial charge in [-0.1, -0.05) is 0 Å². The van der Waals surface area contributed by atoms with Crippen LogP contribution in [0.2, 0.25) is 0 Å². The number of rotatable bonds is 5. The van der Waals surface area contributed by atoms with E-state index in [1.54, 1.807) is 0 Å². The Hall–Kier alpha value is -0.160. The fourth-order valence-electron chi connectivity index (χ4n) is 0.178. The van der Waals surface area contributed by atoms with Gasteiger partial charge < -0.3 is 9.84 Å². The molecule has 0 saturated carbocycles. The topological polar surface area (TPSA) is 47.9 Å². The molecule has 0 aliphatic rings. The summed E-state index contributed by atoms with van der Waals surface area (Å²) in [5.74, 6) is 0. The van der Waals surface area contributed by atoms with E-state index in [9.17, 15) is 0 Å². The Morgan fingerprint density at radius 1 is 1.38 bits per heavy atom. The predicted octanol–water partition coefficient (Wildman–Crippen LogP) is -0.469. The van der Waals surface area contributed by atoms with Crippen LogP contribution in [0.25, 0.3) is 0 Å². The maximum Gasteiger partial charge on any atom is 0.180 e. The maximum absolute atomic E-state index is 8.12. The number of aliphatic hydroxyl groups is 1. The molecule has 0 spiro atoms. The lowest BCUT2D eigenvalue weighted by Crippen LogP contribution is -2.02. The van der Waals surface area contributed by atoms with Crippen molar-refractivity contribution in [1.29, 1.82) is 0 Å². The van der Waals surface area contributed by atoms with Gasteiger partial charge in [0, 0.05) is 7.11 Å². The molecule has 0 aromatic heterocycles. The molecule has 0 aromatic carbocycles. The van der Waals surface area contributed by atoms with Gasteiger partial charge in [-0.15, -0.1) is 0 Å². The molecule has 8 heavy (non-hydrogen) atoms. The summed E-state index contributed by atoms with van der Waals surface area (Å²) >= 11 is 0. The zero-order valence-electron chi connectivity index (χ0n) is 4.79. The third kappa shape index (κ3) is 5.84. The van der Waals surface area contributed by atoms with E-state index < -0.39 is 0 Å². The van der Waals surface area contributed by atoms with Crippen molar-refractivity contribution in [2.45, 2.75) is 0 Å². The molecule has 0 unspecified atom stereocenters. The molecule has 0 aliphatic carbocycles. The van der Waals surface area contributed by atoms with Crippen LogP contribution in [0, 0.1) is 0 Å². The van der Waals surface area contributed by atoms with Crippen LogP contribution in [0.1, 0.15) is 0 Å². The Kier molecular flexibility index (Phi) is 6.70. The molecular weight excluding hydrogens is 112 g/mol. The summed E-state index contributed by atoms with van der Waals surface area (Å²) in [6, 6.07) is 0. The smallest absolute Gasteiger partial charge is 0.180 e. The molecule has 0 saturated heterocycles. The maximum atomic E-state index is 8.12. The van der Waals surface area contributed by atoms with Crippen LogP contribution >= 0.6 is 0 Å². The quantitative estimate of drug-likeness (QED) is 0.232. The first-order valence-corrected chi connectivity index (χ1v) is 2.26. The van der Waals surface area contributed by atoms with Crippen LogP contribution in [0.3, 0.4) is 0 Å². The normalized spacial score (nSPS) is 9.75. The van der Waals surface area contributed by atoms with Crippen molar-refractivity contribution in [2.24, 2.45) is 0 Å². The lowest BCUT2D eigenvalue weighted by atomic mass is 10.8. The molecule has 0 aliphatic heterocycles. The summed E-state index contributed by atoms with van der Waals surface area (Å²) in [7, 11) is 1.49. The first-order valence-electron chi connectivity index (χ1n) is 2.26. The summed E-state index contributed by atoms with van der Waals surface area (Å²) in [6.07, 6.45) is 0. The molecule has 0 atom stereocenters. The van der Waals surface area contributed by atoms with Crippen LogP contribution in [0.15, 0.2) is 0 Å². The van der Waals surface area contributed by atoms with E-state index in [0.717, 1.165) is 0 Å².